The number of ether oxygens (including phenoxy) is 1. The summed E-state index contributed by atoms with van der Waals surface area (Å²) in [6.07, 6.45) is 0. The molecule has 0 spiro atoms. The predicted molar refractivity (Wildman–Crippen MR) is 129 cm³/mol. The Kier molecular flexibility index (Phi) is 6.56. The van der Waals surface area contributed by atoms with Crippen LogP contribution in [0.3, 0.4) is 0 Å². The van der Waals surface area contributed by atoms with Crippen molar-refractivity contribution in [2.24, 2.45) is 0 Å². The minimum Gasteiger partial charge on any atom is -0.495 e. The van der Waals surface area contributed by atoms with Crippen LogP contribution in [0.15, 0.2) is 83.8 Å². The third kappa shape index (κ3) is 4.22. The molecule has 0 saturated heterocycles. The van der Waals surface area contributed by atoms with E-state index >= 15 is 0 Å². The average Bonchev–Trinajstić information content (AvgIpc) is 2.86. The van der Waals surface area contributed by atoms with Gasteiger partial charge >= 0.3 is 6.03 Å². The molecule has 0 atom stereocenters. The summed E-state index contributed by atoms with van der Waals surface area (Å²) in [5.41, 5.74) is 1.21. The first-order valence-corrected chi connectivity index (χ1v) is 12.2. The van der Waals surface area contributed by atoms with E-state index in [0.29, 0.717) is 17.4 Å². The van der Waals surface area contributed by atoms with Crippen LogP contribution in [-0.2, 0) is 21.4 Å². The number of carbonyl (C=O) groups excluding carboxylic acids is 2. The third-order valence-electron chi connectivity index (χ3n) is 5.63. The van der Waals surface area contributed by atoms with E-state index in [9.17, 15) is 18.0 Å². The number of sulfonamides is 1. The lowest BCUT2D eigenvalue weighted by Crippen LogP contribution is -2.54. The highest BCUT2D eigenvalue weighted by Crippen LogP contribution is 2.40. The second-order valence-electron chi connectivity index (χ2n) is 7.67. The highest BCUT2D eigenvalue weighted by molar-refractivity contribution is 7.94. The summed E-state index contributed by atoms with van der Waals surface area (Å²) in [7, 11) is -2.82. The van der Waals surface area contributed by atoms with E-state index in [0.717, 1.165) is 5.56 Å². The van der Waals surface area contributed by atoms with Crippen molar-refractivity contribution < 1.29 is 22.7 Å². The van der Waals surface area contributed by atoms with E-state index in [1.54, 1.807) is 35.2 Å². The molecule has 0 N–H and O–H groups in total. The maximum absolute atomic E-state index is 13.6. The molecule has 34 heavy (non-hydrogen) atoms. The number of carbonyl (C=O) groups is 2. The number of hydrogen-bond acceptors (Lipinski definition) is 5. The monoisotopic (exact) mass is 479 g/mol. The molecule has 4 rings (SSSR count). The molecule has 0 fully saturated rings. The zero-order chi connectivity index (χ0) is 24.3. The number of nitrogens with zero attached hydrogens (tertiary/aromatic N) is 3. The van der Waals surface area contributed by atoms with Crippen LogP contribution in [0, 0.1) is 0 Å². The van der Waals surface area contributed by atoms with Gasteiger partial charge in [0.2, 0.25) is 5.91 Å². The number of hydrogen-bond donors (Lipinski definition) is 0. The molecule has 0 bridgehead atoms. The van der Waals surface area contributed by atoms with Crippen LogP contribution in [0.4, 0.5) is 16.2 Å². The van der Waals surface area contributed by atoms with E-state index in [1.807, 2.05) is 37.3 Å². The standard InChI is InChI=1S/C25H25N3O5S/c1-3-26(17-19-11-5-4-6-12-19)24(29)18-27-21-14-8-10-16-23(21)34(31,32)28(25(27)30)20-13-7-9-15-22(20)33-2/h4-16H,3,17-18H2,1-2H3. The smallest absolute Gasteiger partial charge is 0.343 e. The van der Waals surface area contributed by atoms with Gasteiger partial charge in [-0.3, -0.25) is 9.69 Å². The molecule has 0 radical (unpaired) electrons. The number of anilines is 2. The molecule has 1 heterocycles. The number of likely N-dealkylation sites (N-methyl/N-ethyl adjacent to an activating group) is 1. The quantitative estimate of drug-likeness (QED) is 0.513. The summed E-state index contributed by atoms with van der Waals surface area (Å²) in [6.45, 7) is 2.37. The van der Waals surface area contributed by atoms with Crippen molar-refractivity contribution in [2.75, 3.05) is 29.4 Å². The number of urea groups is 1. The number of fused-ring (bicyclic) bond motifs is 1. The van der Waals surface area contributed by atoms with E-state index in [2.05, 4.69) is 0 Å². The van der Waals surface area contributed by atoms with E-state index < -0.39 is 16.1 Å². The Balaban J connectivity index is 1.73. The molecule has 8 nitrogen and oxygen atoms in total. The topological polar surface area (TPSA) is 87.2 Å². The van der Waals surface area contributed by atoms with Crippen LogP contribution in [0.1, 0.15) is 12.5 Å². The second-order valence-corrected chi connectivity index (χ2v) is 9.43. The van der Waals surface area contributed by atoms with Crippen molar-refractivity contribution >= 4 is 33.3 Å². The Morgan fingerprint density at radius 2 is 1.53 bits per heavy atom. The summed E-state index contributed by atoms with van der Waals surface area (Å²) < 4.78 is 33.0. The van der Waals surface area contributed by atoms with Crippen LogP contribution in [0.5, 0.6) is 5.75 Å². The van der Waals surface area contributed by atoms with Gasteiger partial charge in [-0.05, 0) is 36.8 Å². The maximum atomic E-state index is 13.6. The van der Waals surface area contributed by atoms with Gasteiger partial charge in [0, 0.05) is 13.1 Å². The molecule has 9 heteroatoms. The van der Waals surface area contributed by atoms with Crippen LogP contribution in [-0.4, -0.2) is 45.5 Å². The van der Waals surface area contributed by atoms with Gasteiger partial charge in [-0.2, -0.15) is 4.31 Å². The first-order chi connectivity index (χ1) is 16.4. The zero-order valence-electron chi connectivity index (χ0n) is 18.9. The van der Waals surface area contributed by atoms with Crippen LogP contribution >= 0.6 is 0 Å². The van der Waals surface area contributed by atoms with Gasteiger partial charge in [0.25, 0.3) is 10.0 Å². The molecule has 1 aliphatic heterocycles. The van der Waals surface area contributed by atoms with Gasteiger partial charge < -0.3 is 9.64 Å². The lowest BCUT2D eigenvalue weighted by Gasteiger charge is -2.37. The summed E-state index contributed by atoms with van der Waals surface area (Å²) in [5, 5.41) is 0. The molecule has 3 aromatic rings. The fourth-order valence-corrected chi connectivity index (χ4v) is 5.51. The third-order valence-corrected chi connectivity index (χ3v) is 7.36. The van der Waals surface area contributed by atoms with Gasteiger partial charge in [-0.1, -0.05) is 54.6 Å². The van der Waals surface area contributed by atoms with Crippen molar-refractivity contribution in [3.05, 3.63) is 84.4 Å². The summed E-state index contributed by atoms with van der Waals surface area (Å²) in [5.74, 6) is -0.0712. The number of rotatable bonds is 7. The molecule has 3 amide bonds. The minimum absolute atomic E-state index is 0.0561. The minimum atomic E-state index is -4.22. The Bertz CT molecular complexity index is 1310. The highest BCUT2D eigenvalue weighted by Gasteiger charge is 2.44. The van der Waals surface area contributed by atoms with Crippen molar-refractivity contribution in [3.63, 3.8) is 0 Å². The van der Waals surface area contributed by atoms with Gasteiger partial charge in [0.1, 0.15) is 22.9 Å². The maximum Gasteiger partial charge on any atom is 0.343 e. The molecule has 0 saturated carbocycles. The van der Waals surface area contributed by atoms with Crippen molar-refractivity contribution in [1.82, 2.24) is 4.90 Å². The van der Waals surface area contributed by atoms with E-state index in [-0.39, 0.29) is 34.5 Å². The Morgan fingerprint density at radius 3 is 2.21 bits per heavy atom. The van der Waals surface area contributed by atoms with Gasteiger partial charge in [0.05, 0.1) is 12.8 Å². The number of methoxy groups -OCH3 is 1. The number of amides is 3. The summed E-state index contributed by atoms with van der Waals surface area (Å²) >= 11 is 0. The molecule has 176 valence electrons. The molecular weight excluding hydrogens is 454 g/mol. The van der Waals surface area contributed by atoms with Crippen LogP contribution < -0.4 is 13.9 Å². The number of para-hydroxylation sites is 3. The molecule has 0 unspecified atom stereocenters. The summed E-state index contributed by atoms with van der Waals surface area (Å²) in [4.78, 5) is 29.7. The second kappa shape index (κ2) is 9.56. The van der Waals surface area contributed by atoms with Crippen LogP contribution in [0.25, 0.3) is 0 Å². The molecule has 0 aliphatic carbocycles. The molecular formula is C25H25N3O5S. The number of benzene rings is 3. The lowest BCUT2D eigenvalue weighted by molar-refractivity contribution is -0.130. The molecule has 0 aromatic heterocycles. The molecule has 3 aromatic carbocycles. The van der Waals surface area contributed by atoms with Gasteiger partial charge in [0.15, 0.2) is 0 Å². The molecule has 1 aliphatic rings. The van der Waals surface area contributed by atoms with E-state index in [1.165, 1.54) is 30.2 Å². The lowest BCUT2D eigenvalue weighted by atomic mass is 10.2. The average molecular weight is 480 g/mol. The Labute approximate surface area is 199 Å². The fourth-order valence-electron chi connectivity index (χ4n) is 3.91. The Morgan fingerprint density at radius 1 is 0.912 bits per heavy atom. The van der Waals surface area contributed by atoms with Gasteiger partial charge in [-0.15, -0.1) is 0 Å². The fraction of sp³-hybridized carbons (Fsp3) is 0.200. The normalized spacial score (nSPS) is 14.5. The van der Waals surface area contributed by atoms with Crippen LogP contribution in [0.2, 0.25) is 0 Å². The first-order valence-electron chi connectivity index (χ1n) is 10.8. The van der Waals surface area contributed by atoms with Crippen molar-refractivity contribution in [1.29, 1.82) is 0 Å². The largest absolute Gasteiger partial charge is 0.495 e. The Hall–Kier alpha value is -3.85. The van der Waals surface area contributed by atoms with E-state index in [4.69, 9.17) is 4.74 Å². The summed E-state index contributed by atoms with van der Waals surface area (Å²) in [6, 6.07) is 21.3. The zero-order valence-corrected chi connectivity index (χ0v) is 19.7. The SMILES string of the molecule is CCN(Cc1ccccc1)C(=O)CN1C(=O)N(c2ccccc2OC)S(=O)(=O)c2ccccc21. The van der Waals surface area contributed by atoms with Crippen molar-refractivity contribution in [3.8, 4) is 5.75 Å². The van der Waals surface area contributed by atoms with Gasteiger partial charge in [-0.25, -0.2) is 13.2 Å². The highest BCUT2D eigenvalue weighted by atomic mass is 32.2. The first kappa shape index (κ1) is 23.3. The van der Waals surface area contributed by atoms with Crippen molar-refractivity contribution in [2.45, 2.75) is 18.4 Å². The predicted octanol–water partition coefficient (Wildman–Crippen LogP) is 3.88.